The van der Waals surface area contributed by atoms with Gasteiger partial charge in [0.2, 0.25) is 0 Å². The summed E-state index contributed by atoms with van der Waals surface area (Å²) >= 11 is 5.56. The second-order valence-electron chi connectivity index (χ2n) is 4.44. The number of nitrogens with zero attached hydrogens (tertiary/aromatic N) is 1. The highest BCUT2D eigenvalue weighted by Gasteiger charge is 2.08. The molecular formula is C16H14BrIN2O3. The third kappa shape index (κ3) is 4.68. The number of carbonyl (C=O) groups excluding carboxylic acids is 1. The lowest BCUT2D eigenvalue weighted by Crippen LogP contribution is -2.17. The molecule has 2 aromatic rings. The van der Waals surface area contributed by atoms with Gasteiger partial charge in [0.05, 0.1) is 24.9 Å². The molecule has 1 amide bonds. The van der Waals surface area contributed by atoms with Crippen LogP contribution < -0.4 is 14.9 Å². The first-order valence-electron chi connectivity index (χ1n) is 6.55. The Labute approximate surface area is 156 Å². The van der Waals surface area contributed by atoms with Gasteiger partial charge in [0, 0.05) is 20.8 Å². The standard InChI is InChI=1S/C16H14BrIN2O3/c1-22-14-8-15(23-2)13(17)7-11(14)9-19-20-16(21)10-4-3-5-12(18)6-10/h3-9H,1-2H3,(H,20,21)/b19-9+. The molecule has 0 aliphatic rings. The van der Waals surface area contributed by atoms with Crippen molar-refractivity contribution in [2.75, 3.05) is 14.2 Å². The third-order valence-electron chi connectivity index (χ3n) is 2.96. The molecule has 7 heteroatoms. The number of rotatable bonds is 5. The van der Waals surface area contributed by atoms with Crippen LogP contribution in [0.3, 0.4) is 0 Å². The Morgan fingerprint density at radius 1 is 1.22 bits per heavy atom. The smallest absolute Gasteiger partial charge is 0.271 e. The zero-order chi connectivity index (χ0) is 16.8. The lowest BCUT2D eigenvalue weighted by Gasteiger charge is -2.09. The molecule has 0 radical (unpaired) electrons. The van der Waals surface area contributed by atoms with Crippen molar-refractivity contribution < 1.29 is 14.3 Å². The van der Waals surface area contributed by atoms with Crippen molar-refractivity contribution in [3.63, 3.8) is 0 Å². The van der Waals surface area contributed by atoms with E-state index in [1.165, 1.54) is 6.21 Å². The van der Waals surface area contributed by atoms with Crippen LogP contribution in [-0.4, -0.2) is 26.3 Å². The number of hydrogen-bond donors (Lipinski definition) is 1. The number of nitrogens with one attached hydrogen (secondary N) is 1. The summed E-state index contributed by atoms with van der Waals surface area (Å²) in [7, 11) is 3.14. The quantitative estimate of drug-likeness (QED) is 0.395. The lowest BCUT2D eigenvalue weighted by atomic mass is 10.2. The first-order valence-corrected chi connectivity index (χ1v) is 8.43. The number of methoxy groups -OCH3 is 2. The van der Waals surface area contributed by atoms with E-state index < -0.39 is 0 Å². The fourth-order valence-electron chi connectivity index (χ4n) is 1.84. The largest absolute Gasteiger partial charge is 0.496 e. The normalized spacial score (nSPS) is 10.6. The van der Waals surface area contributed by atoms with E-state index >= 15 is 0 Å². The first kappa shape index (κ1) is 17.7. The SMILES string of the molecule is COc1cc(OC)c(/C=N/NC(=O)c2cccc(I)c2)cc1Br. The Hall–Kier alpha value is -1.61. The molecule has 0 saturated carbocycles. The van der Waals surface area contributed by atoms with E-state index in [9.17, 15) is 4.79 Å². The summed E-state index contributed by atoms with van der Waals surface area (Å²) in [5.41, 5.74) is 3.76. The molecule has 0 aromatic heterocycles. The molecule has 1 N–H and O–H groups in total. The van der Waals surface area contributed by atoms with Crippen LogP contribution in [0.25, 0.3) is 0 Å². The van der Waals surface area contributed by atoms with Crippen molar-refractivity contribution in [1.29, 1.82) is 0 Å². The maximum atomic E-state index is 12.0. The van der Waals surface area contributed by atoms with Crippen LogP contribution in [0, 0.1) is 3.57 Å². The van der Waals surface area contributed by atoms with E-state index in [-0.39, 0.29) is 5.91 Å². The van der Waals surface area contributed by atoms with Gasteiger partial charge >= 0.3 is 0 Å². The van der Waals surface area contributed by atoms with E-state index in [1.807, 2.05) is 12.1 Å². The average Bonchev–Trinajstić information content (AvgIpc) is 2.55. The summed E-state index contributed by atoms with van der Waals surface area (Å²) in [5.74, 6) is 0.977. The van der Waals surface area contributed by atoms with Crippen molar-refractivity contribution in [3.05, 3.63) is 55.6 Å². The molecule has 0 aliphatic carbocycles. The molecule has 0 spiro atoms. The van der Waals surface area contributed by atoms with E-state index in [0.29, 0.717) is 22.6 Å². The van der Waals surface area contributed by atoms with Gasteiger partial charge in [-0.2, -0.15) is 5.10 Å². The molecule has 0 saturated heterocycles. The lowest BCUT2D eigenvalue weighted by molar-refractivity contribution is 0.0955. The topological polar surface area (TPSA) is 59.9 Å². The Balaban J connectivity index is 2.14. The second kappa shape index (κ2) is 8.30. The Morgan fingerprint density at radius 2 is 1.96 bits per heavy atom. The van der Waals surface area contributed by atoms with Gasteiger partial charge < -0.3 is 9.47 Å². The number of halogens is 2. The predicted octanol–water partition coefficient (Wildman–Crippen LogP) is 3.83. The Kier molecular flexibility index (Phi) is 6.40. The van der Waals surface area contributed by atoms with E-state index in [1.54, 1.807) is 38.5 Å². The molecule has 2 aromatic carbocycles. The zero-order valence-corrected chi connectivity index (χ0v) is 16.2. The monoisotopic (exact) mass is 488 g/mol. The number of benzene rings is 2. The molecule has 0 heterocycles. The Bertz CT molecular complexity index is 750. The highest BCUT2D eigenvalue weighted by molar-refractivity contribution is 14.1. The minimum atomic E-state index is -0.272. The van der Waals surface area contributed by atoms with Crippen molar-refractivity contribution in [1.82, 2.24) is 5.43 Å². The van der Waals surface area contributed by atoms with Gasteiger partial charge in [0.25, 0.3) is 5.91 Å². The van der Waals surface area contributed by atoms with Gasteiger partial charge in [-0.15, -0.1) is 0 Å². The van der Waals surface area contributed by atoms with Crippen LogP contribution in [0.4, 0.5) is 0 Å². The molecule has 23 heavy (non-hydrogen) atoms. The molecule has 0 unspecified atom stereocenters. The molecule has 120 valence electrons. The molecular weight excluding hydrogens is 475 g/mol. The fourth-order valence-corrected chi connectivity index (χ4v) is 2.90. The van der Waals surface area contributed by atoms with E-state index in [2.05, 4.69) is 49.0 Å². The summed E-state index contributed by atoms with van der Waals surface area (Å²) in [6, 6.07) is 10.8. The van der Waals surface area contributed by atoms with Crippen molar-refractivity contribution in [3.8, 4) is 11.5 Å². The third-order valence-corrected chi connectivity index (χ3v) is 4.25. The summed E-state index contributed by atoms with van der Waals surface area (Å²) < 4.78 is 12.3. The minimum absolute atomic E-state index is 0.272. The highest BCUT2D eigenvalue weighted by atomic mass is 127. The van der Waals surface area contributed by atoms with Crippen LogP contribution in [-0.2, 0) is 0 Å². The predicted molar refractivity (Wildman–Crippen MR) is 101 cm³/mol. The Morgan fingerprint density at radius 3 is 2.61 bits per heavy atom. The summed E-state index contributed by atoms with van der Waals surface area (Å²) in [6.45, 7) is 0. The number of hydrogen-bond acceptors (Lipinski definition) is 4. The van der Waals surface area contributed by atoms with Gasteiger partial charge in [-0.3, -0.25) is 4.79 Å². The fraction of sp³-hybridized carbons (Fsp3) is 0.125. The van der Waals surface area contributed by atoms with Gasteiger partial charge in [0.15, 0.2) is 0 Å². The minimum Gasteiger partial charge on any atom is -0.496 e. The molecule has 0 fully saturated rings. The van der Waals surface area contributed by atoms with Crippen LogP contribution >= 0.6 is 38.5 Å². The van der Waals surface area contributed by atoms with Crippen LogP contribution in [0.1, 0.15) is 15.9 Å². The number of amides is 1. The van der Waals surface area contributed by atoms with Crippen LogP contribution in [0.2, 0.25) is 0 Å². The van der Waals surface area contributed by atoms with Crippen molar-refractivity contribution in [2.45, 2.75) is 0 Å². The van der Waals surface area contributed by atoms with E-state index in [0.717, 1.165) is 8.04 Å². The zero-order valence-electron chi connectivity index (χ0n) is 12.5. The van der Waals surface area contributed by atoms with Gasteiger partial charge in [-0.25, -0.2) is 5.43 Å². The summed E-state index contributed by atoms with van der Waals surface area (Å²) in [6.07, 6.45) is 1.52. The maximum Gasteiger partial charge on any atom is 0.271 e. The summed E-state index contributed by atoms with van der Waals surface area (Å²) in [5, 5.41) is 3.98. The van der Waals surface area contributed by atoms with Crippen LogP contribution in [0.5, 0.6) is 11.5 Å². The number of ether oxygens (including phenoxy) is 2. The van der Waals surface area contributed by atoms with Gasteiger partial charge in [0.1, 0.15) is 11.5 Å². The summed E-state index contributed by atoms with van der Waals surface area (Å²) in [4.78, 5) is 12.0. The number of hydrazone groups is 1. The highest BCUT2D eigenvalue weighted by Crippen LogP contribution is 2.31. The van der Waals surface area contributed by atoms with Gasteiger partial charge in [-0.1, -0.05) is 6.07 Å². The van der Waals surface area contributed by atoms with Crippen LogP contribution in [0.15, 0.2) is 46.0 Å². The van der Waals surface area contributed by atoms with Crippen molar-refractivity contribution >= 4 is 50.6 Å². The first-order chi connectivity index (χ1) is 11.0. The molecule has 5 nitrogen and oxygen atoms in total. The molecule has 0 atom stereocenters. The average molecular weight is 489 g/mol. The second-order valence-corrected chi connectivity index (χ2v) is 6.54. The molecule has 0 bridgehead atoms. The van der Waals surface area contributed by atoms with Gasteiger partial charge in [-0.05, 0) is 62.8 Å². The number of carbonyl (C=O) groups is 1. The van der Waals surface area contributed by atoms with Crippen molar-refractivity contribution in [2.24, 2.45) is 5.10 Å². The molecule has 2 rings (SSSR count). The molecule has 0 aliphatic heterocycles. The maximum absolute atomic E-state index is 12.0. The van der Waals surface area contributed by atoms with E-state index in [4.69, 9.17) is 9.47 Å².